The monoisotopic (exact) mass is 538 g/mol. The molecule has 1 saturated heterocycles. The van der Waals surface area contributed by atoms with Crippen LogP contribution in [0.4, 0.5) is 15.9 Å². The SMILES string of the molecule is COCc1cc(N2CCN(c3ccccc3F)CC2)nc(SCc2ccc(C(=O)NCCN(C)C)cc2)n1. The molecule has 0 aliphatic carbocycles. The van der Waals surface area contributed by atoms with Gasteiger partial charge in [0.2, 0.25) is 0 Å². The molecule has 0 unspecified atom stereocenters. The predicted molar refractivity (Wildman–Crippen MR) is 150 cm³/mol. The van der Waals surface area contributed by atoms with Crippen LogP contribution in [0.3, 0.4) is 0 Å². The minimum absolute atomic E-state index is 0.0682. The number of carbonyl (C=O) groups is 1. The highest BCUT2D eigenvalue weighted by Gasteiger charge is 2.21. The van der Waals surface area contributed by atoms with Gasteiger partial charge in [-0.2, -0.15) is 0 Å². The van der Waals surface area contributed by atoms with Gasteiger partial charge >= 0.3 is 0 Å². The summed E-state index contributed by atoms with van der Waals surface area (Å²) in [7, 11) is 5.61. The quantitative estimate of drug-likeness (QED) is 0.293. The Hall–Kier alpha value is -3.21. The van der Waals surface area contributed by atoms with Crippen LogP contribution in [0.2, 0.25) is 0 Å². The molecule has 202 valence electrons. The number of hydrogen-bond donors (Lipinski definition) is 1. The molecule has 1 aliphatic heterocycles. The maximum atomic E-state index is 14.2. The fourth-order valence-electron chi connectivity index (χ4n) is 4.19. The van der Waals surface area contributed by atoms with Crippen molar-refractivity contribution in [1.82, 2.24) is 20.2 Å². The van der Waals surface area contributed by atoms with Crippen LogP contribution < -0.4 is 15.1 Å². The fourth-order valence-corrected chi connectivity index (χ4v) is 5.02. The van der Waals surface area contributed by atoms with Gasteiger partial charge in [-0.3, -0.25) is 4.79 Å². The third-order valence-corrected chi connectivity index (χ3v) is 7.18. The summed E-state index contributed by atoms with van der Waals surface area (Å²) in [5.41, 5.74) is 3.19. The van der Waals surface area contributed by atoms with E-state index in [0.29, 0.717) is 48.4 Å². The highest BCUT2D eigenvalue weighted by Crippen LogP contribution is 2.26. The number of nitrogens with one attached hydrogen (secondary N) is 1. The maximum Gasteiger partial charge on any atom is 0.251 e. The highest BCUT2D eigenvalue weighted by molar-refractivity contribution is 7.98. The lowest BCUT2D eigenvalue weighted by molar-refractivity contribution is 0.0951. The van der Waals surface area contributed by atoms with Crippen LogP contribution in [-0.4, -0.2) is 81.2 Å². The fraction of sp³-hybridized carbons (Fsp3) is 0.393. The lowest BCUT2D eigenvalue weighted by Gasteiger charge is -2.37. The largest absolute Gasteiger partial charge is 0.378 e. The molecule has 2 heterocycles. The molecule has 0 saturated carbocycles. The second-order valence-electron chi connectivity index (χ2n) is 9.40. The molecule has 38 heavy (non-hydrogen) atoms. The van der Waals surface area contributed by atoms with E-state index in [1.165, 1.54) is 6.07 Å². The van der Waals surface area contributed by atoms with E-state index >= 15 is 0 Å². The number of benzene rings is 2. The number of aromatic nitrogens is 2. The average Bonchev–Trinajstić information content (AvgIpc) is 2.92. The van der Waals surface area contributed by atoms with Gasteiger partial charge in [0, 0.05) is 63.8 Å². The van der Waals surface area contributed by atoms with E-state index in [4.69, 9.17) is 9.72 Å². The Bertz CT molecular complexity index is 1200. The number of piperazine rings is 1. The minimum Gasteiger partial charge on any atom is -0.378 e. The van der Waals surface area contributed by atoms with Crippen LogP contribution in [0.1, 0.15) is 21.6 Å². The summed E-state index contributed by atoms with van der Waals surface area (Å²) in [6.45, 7) is 4.70. The smallest absolute Gasteiger partial charge is 0.251 e. The molecule has 0 atom stereocenters. The van der Waals surface area contributed by atoms with Crippen LogP contribution in [0.25, 0.3) is 0 Å². The summed E-state index contributed by atoms with van der Waals surface area (Å²) >= 11 is 1.55. The van der Waals surface area contributed by atoms with Gasteiger partial charge in [-0.25, -0.2) is 14.4 Å². The maximum absolute atomic E-state index is 14.2. The molecule has 1 N–H and O–H groups in total. The van der Waals surface area contributed by atoms with Crippen molar-refractivity contribution in [3.8, 4) is 0 Å². The number of likely N-dealkylation sites (N-methyl/N-ethyl adjacent to an activating group) is 1. The predicted octanol–water partition coefficient (Wildman–Crippen LogP) is 3.67. The van der Waals surface area contributed by atoms with Gasteiger partial charge in [0.1, 0.15) is 11.6 Å². The third kappa shape index (κ3) is 7.66. The first-order valence-corrected chi connectivity index (χ1v) is 13.7. The molecule has 4 rings (SSSR count). The van der Waals surface area contributed by atoms with Gasteiger partial charge in [0.05, 0.1) is 18.0 Å². The molecule has 1 aromatic heterocycles. The van der Waals surface area contributed by atoms with E-state index in [1.54, 1.807) is 24.9 Å². The Balaban J connectivity index is 1.37. The van der Waals surface area contributed by atoms with Crippen molar-refractivity contribution >= 4 is 29.2 Å². The Morgan fingerprint density at radius 1 is 1.05 bits per heavy atom. The number of rotatable bonds is 11. The first-order chi connectivity index (χ1) is 18.4. The molecule has 3 aromatic rings. The van der Waals surface area contributed by atoms with Crippen molar-refractivity contribution in [2.75, 3.05) is 70.3 Å². The van der Waals surface area contributed by atoms with E-state index < -0.39 is 0 Å². The second-order valence-corrected chi connectivity index (χ2v) is 10.3. The van der Waals surface area contributed by atoms with E-state index in [9.17, 15) is 9.18 Å². The number of halogens is 1. The van der Waals surface area contributed by atoms with Crippen molar-refractivity contribution in [3.05, 3.63) is 77.2 Å². The molecule has 8 nitrogen and oxygen atoms in total. The van der Waals surface area contributed by atoms with Crippen LogP contribution in [0.5, 0.6) is 0 Å². The number of hydrogen-bond acceptors (Lipinski definition) is 8. The van der Waals surface area contributed by atoms with Gasteiger partial charge in [0.25, 0.3) is 5.91 Å². The van der Waals surface area contributed by atoms with Crippen LogP contribution in [-0.2, 0) is 17.1 Å². The molecule has 1 amide bonds. The second kappa shape index (κ2) is 13.5. The van der Waals surface area contributed by atoms with E-state index in [1.807, 2.05) is 61.5 Å². The highest BCUT2D eigenvalue weighted by atomic mass is 32.2. The first kappa shape index (κ1) is 27.8. The zero-order valence-electron chi connectivity index (χ0n) is 22.2. The zero-order valence-corrected chi connectivity index (χ0v) is 23.0. The first-order valence-electron chi connectivity index (χ1n) is 12.7. The lowest BCUT2D eigenvalue weighted by atomic mass is 10.1. The van der Waals surface area contributed by atoms with Crippen LogP contribution >= 0.6 is 11.8 Å². The lowest BCUT2D eigenvalue weighted by Crippen LogP contribution is -2.47. The number of methoxy groups -OCH3 is 1. The standard InChI is InChI=1S/C28H35FN6O2S/c1-33(2)13-12-30-27(36)22-10-8-21(9-11-22)20-38-28-31-23(19-37-3)18-26(32-28)35-16-14-34(15-17-35)25-7-5-4-6-24(25)29/h4-11,18H,12-17,19-20H2,1-3H3,(H,30,36). The number of amides is 1. The Morgan fingerprint density at radius 2 is 1.76 bits per heavy atom. The van der Waals surface area contributed by atoms with Crippen molar-refractivity contribution < 1.29 is 13.9 Å². The van der Waals surface area contributed by atoms with Gasteiger partial charge < -0.3 is 24.8 Å². The molecule has 10 heteroatoms. The van der Waals surface area contributed by atoms with Gasteiger partial charge in [-0.1, -0.05) is 36.0 Å². The number of nitrogens with zero attached hydrogens (tertiary/aromatic N) is 5. The van der Waals surface area contributed by atoms with E-state index in [-0.39, 0.29) is 11.7 Å². The molecule has 1 fully saturated rings. The average molecular weight is 539 g/mol. The molecule has 0 spiro atoms. The van der Waals surface area contributed by atoms with Crippen molar-refractivity contribution in [2.45, 2.75) is 17.5 Å². The zero-order chi connectivity index (χ0) is 26.9. The van der Waals surface area contributed by atoms with Crippen molar-refractivity contribution in [2.24, 2.45) is 0 Å². The van der Waals surface area contributed by atoms with Crippen molar-refractivity contribution in [3.63, 3.8) is 0 Å². The summed E-state index contributed by atoms with van der Waals surface area (Å²) in [5, 5.41) is 3.61. The molecule has 1 aliphatic rings. The van der Waals surface area contributed by atoms with E-state index in [0.717, 1.165) is 36.7 Å². The van der Waals surface area contributed by atoms with Crippen LogP contribution in [0.15, 0.2) is 59.8 Å². The molecular formula is C28H35FN6O2S. The number of anilines is 2. The Labute approximate surface area is 228 Å². The number of carbonyl (C=O) groups excluding carboxylic acids is 1. The van der Waals surface area contributed by atoms with Gasteiger partial charge in [0.15, 0.2) is 5.16 Å². The topological polar surface area (TPSA) is 73.8 Å². The van der Waals surface area contributed by atoms with Crippen LogP contribution in [0, 0.1) is 5.82 Å². The summed E-state index contributed by atoms with van der Waals surface area (Å²) in [4.78, 5) is 28.1. The molecule has 2 aromatic carbocycles. The Kier molecular flexibility index (Phi) is 9.91. The number of thioether (sulfide) groups is 1. The van der Waals surface area contributed by atoms with Crippen molar-refractivity contribution in [1.29, 1.82) is 0 Å². The number of ether oxygens (including phenoxy) is 1. The molecule has 0 bridgehead atoms. The summed E-state index contributed by atoms with van der Waals surface area (Å²) in [6.07, 6.45) is 0. The minimum atomic E-state index is -0.193. The van der Waals surface area contributed by atoms with Gasteiger partial charge in [-0.05, 0) is 43.9 Å². The Morgan fingerprint density at radius 3 is 2.45 bits per heavy atom. The summed E-state index contributed by atoms with van der Waals surface area (Å²) < 4.78 is 19.6. The third-order valence-electron chi connectivity index (χ3n) is 6.26. The summed E-state index contributed by atoms with van der Waals surface area (Å²) in [5.74, 6) is 1.27. The molecule has 0 radical (unpaired) electrons. The number of para-hydroxylation sites is 1. The molecular weight excluding hydrogens is 503 g/mol. The normalized spacial score (nSPS) is 13.7. The summed E-state index contributed by atoms with van der Waals surface area (Å²) in [6, 6.07) is 16.5. The van der Waals surface area contributed by atoms with Gasteiger partial charge in [-0.15, -0.1) is 0 Å². The van der Waals surface area contributed by atoms with E-state index in [2.05, 4.69) is 20.1 Å².